The van der Waals surface area contributed by atoms with Gasteiger partial charge in [-0.2, -0.15) is 13.2 Å². The molecule has 0 bridgehead atoms. The van der Waals surface area contributed by atoms with E-state index in [1.54, 1.807) is 12.1 Å². The number of carbonyl (C=O) groups excluding carboxylic acids is 2. The molecular weight excluding hydrogens is 469 g/mol. The summed E-state index contributed by atoms with van der Waals surface area (Å²) in [5.74, 6) is 10.0. The van der Waals surface area contributed by atoms with Crippen LogP contribution in [0, 0.1) is 23.7 Å². The van der Waals surface area contributed by atoms with Gasteiger partial charge in [-0.05, 0) is 66.7 Å². The quantitative estimate of drug-likeness (QED) is 0.206. The highest BCUT2D eigenvalue weighted by molar-refractivity contribution is 5.83. The lowest BCUT2D eigenvalue weighted by Gasteiger charge is -2.09. The first kappa shape index (κ1) is 25.6. The van der Waals surface area contributed by atoms with Crippen LogP contribution in [-0.2, 0) is 15.8 Å². The number of carbonyl (C=O) groups is 2. The van der Waals surface area contributed by atoms with Gasteiger partial charge in [-0.1, -0.05) is 36.8 Å². The Morgan fingerprint density at radius 1 is 0.667 bits per heavy atom. The van der Waals surface area contributed by atoms with Gasteiger partial charge in [-0.3, -0.25) is 0 Å². The van der Waals surface area contributed by atoms with E-state index in [9.17, 15) is 22.8 Å². The standard InChI is InChI=1S/C29H17F3O4/c1-3-27(33)35-24-15-9-20(10-16-24)5-6-22-8-14-23(26(19-22)29(30,31)32)13-7-21-11-17-25(18-12-21)36-28(34)4-2/h3-4,8-12,14-19H,1-2H2. The summed E-state index contributed by atoms with van der Waals surface area (Å²) < 4.78 is 51.0. The van der Waals surface area contributed by atoms with E-state index in [0.29, 0.717) is 16.9 Å². The number of hydrogen-bond acceptors (Lipinski definition) is 4. The Hall–Kier alpha value is -5.01. The van der Waals surface area contributed by atoms with Gasteiger partial charge in [-0.25, -0.2) is 9.59 Å². The molecule has 0 amide bonds. The van der Waals surface area contributed by atoms with E-state index in [0.717, 1.165) is 18.2 Å². The zero-order chi connectivity index (χ0) is 26.1. The fourth-order valence-corrected chi connectivity index (χ4v) is 2.78. The van der Waals surface area contributed by atoms with E-state index in [1.165, 1.54) is 48.5 Å². The molecule has 0 aliphatic carbocycles. The monoisotopic (exact) mass is 486 g/mol. The molecular formula is C29H17F3O4. The molecule has 0 heterocycles. The van der Waals surface area contributed by atoms with Crippen molar-refractivity contribution in [3.8, 4) is 35.2 Å². The summed E-state index contributed by atoms with van der Waals surface area (Å²) in [7, 11) is 0. The second-order valence-corrected chi connectivity index (χ2v) is 7.06. The third-order valence-corrected chi connectivity index (χ3v) is 4.50. The predicted octanol–water partition coefficient (Wildman–Crippen LogP) is 5.69. The summed E-state index contributed by atoms with van der Waals surface area (Å²) in [5.41, 5.74) is -0.00213. The molecule has 0 atom stereocenters. The van der Waals surface area contributed by atoms with Crippen molar-refractivity contribution in [3.05, 3.63) is 120 Å². The van der Waals surface area contributed by atoms with Crippen LogP contribution in [0.3, 0.4) is 0 Å². The number of alkyl halides is 3. The van der Waals surface area contributed by atoms with Gasteiger partial charge < -0.3 is 9.47 Å². The van der Waals surface area contributed by atoms with Gasteiger partial charge in [0, 0.05) is 34.4 Å². The minimum absolute atomic E-state index is 0.156. The van der Waals surface area contributed by atoms with Gasteiger partial charge in [0.05, 0.1) is 5.56 Å². The summed E-state index contributed by atoms with van der Waals surface area (Å²) >= 11 is 0. The fourth-order valence-electron chi connectivity index (χ4n) is 2.78. The van der Waals surface area contributed by atoms with Gasteiger partial charge >= 0.3 is 18.1 Å². The zero-order valence-electron chi connectivity index (χ0n) is 18.7. The molecule has 3 rings (SSSR count). The number of hydrogen-bond donors (Lipinski definition) is 0. The molecule has 178 valence electrons. The first-order valence-corrected chi connectivity index (χ1v) is 10.3. The van der Waals surface area contributed by atoms with Crippen molar-refractivity contribution < 1.29 is 32.2 Å². The highest BCUT2D eigenvalue weighted by Crippen LogP contribution is 2.32. The lowest BCUT2D eigenvalue weighted by molar-refractivity contribution is -0.137. The maximum Gasteiger partial charge on any atom is 0.417 e. The maximum absolute atomic E-state index is 13.7. The van der Waals surface area contributed by atoms with E-state index < -0.39 is 23.7 Å². The van der Waals surface area contributed by atoms with Crippen molar-refractivity contribution >= 4 is 11.9 Å². The normalized spacial score (nSPS) is 10.1. The first-order chi connectivity index (χ1) is 17.2. The number of esters is 2. The van der Waals surface area contributed by atoms with Crippen LogP contribution >= 0.6 is 0 Å². The molecule has 7 heteroatoms. The number of benzene rings is 3. The lowest BCUT2D eigenvalue weighted by Crippen LogP contribution is -2.08. The van der Waals surface area contributed by atoms with E-state index in [4.69, 9.17) is 9.47 Å². The minimum atomic E-state index is -4.64. The molecule has 0 unspecified atom stereocenters. The molecule has 0 N–H and O–H groups in total. The minimum Gasteiger partial charge on any atom is -0.423 e. The molecule has 3 aromatic carbocycles. The summed E-state index contributed by atoms with van der Waals surface area (Å²) in [5, 5.41) is 0. The number of ether oxygens (including phenoxy) is 2. The van der Waals surface area contributed by atoms with Crippen LogP contribution in [0.15, 0.2) is 92.0 Å². The average molecular weight is 486 g/mol. The van der Waals surface area contributed by atoms with Crippen LogP contribution in [0.1, 0.15) is 27.8 Å². The molecule has 0 saturated carbocycles. The molecule has 36 heavy (non-hydrogen) atoms. The Morgan fingerprint density at radius 3 is 1.53 bits per heavy atom. The van der Waals surface area contributed by atoms with Crippen molar-refractivity contribution in [2.24, 2.45) is 0 Å². The Morgan fingerprint density at radius 2 is 1.08 bits per heavy atom. The van der Waals surface area contributed by atoms with Crippen LogP contribution in [0.25, 0.3) is 0 Å². The van der Waals surface area contributed by atoms with E-state index in [1.807, 2.05) is 0 Å². The largest absolute Gasteiger partial charge is 0.423 e. The molecule has 0 fully saturated rings. The smallest absolute Gasteiger partial charge is 0.417 e. The van der Waals surface area contributed by atoms with Crippen molar-refractivity contribution in [1.82, 2.24) is 0 Å². The van der Waals surface area contributed by atoms with Crippen molar-refractivity contribution in [3.63, 3.8) is 0 Å². The fraction of sp³-hybridized carbons (Fsp3) is 0.0345. The first-order valence-electron chi connectivity index (χ1n) is 10.3. The third kappa shape index (κ3) is 7.24. The van der Waals surface area contributed by atoms with Crippen molar-refractivity contribution in [2.45, 2.75) is 6.18 Å². The molecule has 0 spiro atoms. The topological polar surface area (TPSA) is 52.6 Å². The maximum atomic E-state index is 13.7. The molecule has 0 saturated heterocycles. The van der Waals surface area contributed by atoms with Gasteiger partial charge in [0.1, 0.15) is 11.5 Å². The predicted molar refractivity (Wildman–Crippen MR) is 128 cm³/mol. The Labute approximate surface area is 205 Å². The molecule has 3 aromatic rings. The summed E-state index contributed by atoms with van der Waals surface area (Å²) in [6.07, 6.45) is -2.60. The van der Waals surface area contributed by atoms with Crippen LogP contribution in [0.5, 0.6) is 11.5 Å². The Kier molecular flexibility index (Phi) is 8.12. The summed E-state index contributed by atoms with van der Waals surface area (Å²) in [4.78, 5) is 22.4. The zero-order valence-corrected chi connectivity index (χ0v) is 18.7. The number of halogens is 3. The number of rotatable bonds is 4. The van der Waals surface area contributed by atoms with Crippen molar-refractivity contribution in [2.75, 3.05) is 0 Å². The van der Waals surface area contributed by atoms with Gasteiger partial charge in [0.15, 0.2) is 0 Å². The highest BCUT2D eigenvalue weighted by atomic mass is 19.4. The van der Waals surface area contributed by atoms with Gasteiger partial charge in [-0.15, -0.1) is 0 Å². The van der Waals surface area contributed by atoms with Gasteiger partial charge in [0.25, 0.3) is 0 Å². The SMILES string of the molecule is C=CC(=O)Oc1ccc(C#Cc2ccc(C#Cc3ccc(OC(=O)C=C)cc3)c(C(F)(F)F)c2)cc1. The van der Waals surface area contributed by atoms with Crippen LogP contribution < -0.4 is 9.47 Å². The lowest BCUT2D eigenvalue weighted by atomic mass is 10.0. The molecule has 0 aliphatic rings. The second-order valence-electron chi connectivity index (χ2n) is 7.06. The third-order valence-electron chi connectivity index (χ3n) is 4.50. The Balaban J connectivity index is 1.82. The molecule has 0 aromatic heterocycles. The van der Waals surface area contributed by atoms with E-state index in [-0.39, 0.29) is 16.9 Å². The average Bonchev–Trinajstić information content (AvgIpc) is 2.87. The van der Waals surface area contributed by atoms with E-state index >= 15 is 0 Å². The van der Waals surface area contributed by atoms with E-state index in [2.05, 4.69) is 36.8 Å². The molecule has 0 radical (unpaired) electrons. The second kappa shape index (κ2) is 11.4. The summed E-state index contributed by atoms with van der Waals surface area (Å²) in [6.45, 7) is 6.60. The Bertz CT molecular complexity index is 1430. The van der Waals surface area contributed by atoms with Crippen LogP contribution in [0.4, 0.5) is 13.2 Å². The molecule has 0 aliphatic heterocycles. The van der Waals surface area contributed by atoms with Gasteiger partial charge in [0.2, 0.25) is 0 Å². The van der Waals surface area contributed by atoms with Crippen molar-refractivity contribution in [1.29, 1.82) is 0 Å². The molecule has 4 nitrogen and oxygen atoms in total. The summed E-state index contributed by atoms with van der Waals surface area (Å²) in [6, 6.07) is 15.8. The van der Waals surface area contributed by atoms with Crippen LogP contribution in [0.2, 0.25) is 0 Å². The highest BCUT2D eigenvalue weighted by Gasteiger charge is 2.33. The van der Waals surface area contributed by atoms with Crippen LogP contribution in [-0.4, -0.2) is 11.9 Å².